The van der Waals surface area contributed by atoms with Crippen molar-refractivity contribution in [3.8, 4) is 5.75 Å². The van der Waals surface area contributed by atoms with Crippen LogP contribution in [0.4, 0.5) is 0 Å². The zero-order valence-corrected chi connectivity index (χ0v) is 15.0. The summed E-state index contributed by atoms with van der Waals surface area (Å²) in [5, 5.41) is 0. The summed E-state index contributed by atoms with van der Waals surface area (Å²) in [5.74, 6) is 1.48. The van der Waals surface area contributed by atoms with Crippen molar-refractivity contribution in [1.82, 2.24) is 4.90 Å². The maximum Gasteiger partial charge on any atom is 0.225 e. The van der Waals surface area contributed by atoms with Crippen LogP contribution in [0.25, 0.3) is 5.57 Å². The number of carbonyl (C=O) groups is 1. The average molecular weight is 341 g/mol. The lowest BCUT2D eigenvalue weighted by molar-refractivity contribution is -0.141. The summed E-state index contributed by atoms with van der Waals surface area (Å²) in [4.78, 5) is 14.9. The maximum atomic E-state index is 12.8. The van der Waals surface area contributed by atoms with E-state index >= 15 is 0 Å². The third-order valence-electron chi connectivity index (χ3n) is 5.98. The van der Waals surface area contributed by atoms with Gasteiger partial charge in [0.05, 0.1) is 19.9 Å². The Morgan fingerprint density at radius 1 is 1.20 bits per heavy atom. The van der Waals surface area contributed by atoms with Crippen molar-refractivity contribution in [3.63, 3.8) is 0 Å². The van der Waals surface area contributed by atoms with Crippen molar-refractivity contribution in [2.24, 2.45) is 5.92 Å². The first-order valence-corrected chi connectivity index (χ1v) is 9.49. The Labute approximate surface area is 149 Å². The molecule has 4 nitrogen and oxygen atoms in total. The highest BCUT2D eigenvalue weighted by atomic mass is 16.5. The van der Waals surface area contributed by atoms with E-state index in [1.165, 1.54) is 24.0 Å². The number of ether oxygens (including phenoxy) is 2. The second kappa shape index (κ2) is 6.74. The van der Waals surface area contributed by atoms with E-state index in [1.807, 2.05) is 18.4 Å². The first-order chi connectivity index (χ1) is 12.2. The summed E-state index contributed by atoms with van der Waals surface area (Å²) in [7, 11) is 1.68. The molecule has 0 radical (unpaired) electrons. The van der Waals surface area contributed by atoms with E-state index in [9.17, 15) is 4.79 Å². The number of rotatable bonds is 3. The molecule has 2 heterocycles. The molecule has 4 rings (SSSR count). The van der Waals surface area contributed by atoms with Gasteiger partial charge in [0.2, 0.25) is 5.91 Å². The SMILES string of the molecule is COc1ccc(C2=COC3(CCCN(C(=O)C4CCCC4)C3)C2)cc1. The summed E-state index contributed by atoms with van der Waals surface area (Å²) in [6.07, 6.45) is 9.39. The quantitative estimate of drug-likeness (QED) is 0.834. The molecule has 1 atom stereocenters. The first kappa shape index (κ1) is 16.5. The summed E-state index contributed by atoms with van der Waals surface area (Å²) < 4.78 is 11.4. The van der Waals surface area contributed by atoms with Crippen LogP contribution in [0.3, 0.4) is 0 Å². The number of hydrogen-bond donors (Lipinski definition) is 0. The van der Waals surface area contributed by atoms with E-state index in [-0.39, 0.29) is 11.5 Å². The Bertz CT molecular complexity index is 660. The predicted molar refractivity (Wildman–Crippen MR) is 97.2 cm³/mol. The zero-order chi connectivity index (χ0) is 17.3. The Kier molecular flexibility index (Phi) is 4.45. The highest BCUT2D eigenvalue weighted by molar-refractivity contribution is 5.79. The highest BCUT2D eigenvalue weighted by Crippen LogP contribution is 2.41. The van der Waals surface area contributed by atoms with Gasteiger partial charge in [-0.3, -0.25) is 4.79 Å². The predicted octanol–water partition coefficient (Wildman–Crippen LogP) is 4.01. The van der Waals surface area contributed by atoms with Crippen LogP contribution in [0.5, 0.6) is 5.75 Å². The van der Waals surface area contributed by atoms with Gasteiger partial charge in [0.15, 0.2) is 0 Å². The van der Waals surface area contributed by atoms with Crippen LogP contribution in [-0.2, 0) is 9.53 Å². The van der Waals surface area contributed by atoms with E-state index in [4.69, 9.17) is 9.47 Å². The van der Waals surface area contributed by atoms with E-state index in [2.05, 4.69) is 17.0 Å². The molecular formula is C21H27NO3. The Morgan fingerprint density at radius 3 is 2.68 bits per heavy atom. The number of likely N-dealkylation sites (tertiary alicyclic amines) is 1. The fourth-order valence-electron chi connectivity index (χ4n) is 4.56. The molecule has 0 aromatic heterocycles. The molecule has 1 unspecified atom stereocenters. The fourth-order valence-corrected chi connectivity index (χ4v) is 4.56. The van der Waals surface area contributed by atoms with Crippen molar-refractivity contribution < 1.29 is 14.3 Å². The van der Waals surface area contributed by atoms with Gasteiger partial charge in [-0.15, -0.1) is 0 Å². The first-order valence-electron chi connectivity index (χ1n) is 9.49. The van der Waals surface area contributed by atoms with E-state index in [1.54, 1.807) is 7.11 Å². The maximum absolute atomic E-state index is 12.8. The Balaban J connectivity index is 1.43. The molecule has 1 aromatic rings. The number of benzene rings is 1. The minimum Gasteiger partial charge on any atom is -0.497 e. The molecule has 0 bridgehead atoms. The highest BCUT2D eigenvalue weighted by Gasteiger charge is 2.43. The molecule has 1 aromatic carbocycles. The van der Waals surface area contributed by atoms with E-state index < -0.39 is 0 Å². The molecule has 134 valence electrons. The summed E-state index contributed by atoms with van der Waals surface area (Å²) in [6, 6.07) is 8.13. The lowest BCUT2D eigenvalue weighted by atomic mass is 9.85. The molecule has 1 saturated carbocycles. The molecule has 4 heteroatoms. The number of hydrogen-bond acceptors (Lipinski definition) is 3. The lowest BCUT2D eigenvalue weighted by Gasteiger charge is -2.40. The topological polar surface area (TPSA) is 38.8 Å². The van der Waals surface area contributed by atoms with Crippen LogP contribution in [0.1, 0.15) is 50.5 Å². The molecule has 1 spiro atoms. The molecule has 25 heavy (non-hydrogen) atoms. The van der Waals surface area contributed by atoms with Gasteiger partial charge in [-0.05, 0) is 49.0 Å². The number of amides is 1. The zero-order valence-electron chi connectivity index (χ0n) is 15.0. The van der Waals surface area contributed by atoms with Crippen LogP contribution >= 0.6 is 0 Å². The smallest absolute Gasteiger partial charge is 0.225 e. The molecule has 1 saturated heterocycles. The number of carbonyl (C=O) groups excluding carboxylic acids is 1. The van der Waals surface area contributed by atoms with Crippen molar-refractivity contribution >= 4 is 11.5 Å². The van der Waals surface area contributed by atoms with Gasteiger partial charge < -0.3 is 14.4 Å². The van der Waals surface area contributed by atoms with E-state index in [0.29, 0.717) is 5.91 Å². The van der Waals surface area contributed by atoms with Crippen LogP contribution in [0.2, 0.25) is 0 Å². The van der Waals surface area contributed by atoms with Gasteiger partial charge in [0.1, 0.15) is 11.4 Å². The molecule has 2 fully saturated rings. The second-order valence-corrected chi connectivity index (χ2v) is 7.69. The van der Waals surface area contributed by atoms with E-state index in [0.717, 1.165) is 50.9 Å². The van der Waals surface area contributed by atoms with Gasteiger partial charge in [-0.1, -0.05) is 25.0 Å². The van der Waals surface area contributed by atoms with Gasteiger partial charge in [-0.2, -0.15) is 0 Å². The third-order valence-corrected chi connectivity index (χ3v) is 5.98. The average Bonchev–Trinajstić information content (AvgIpc) is 3.32. The third kappa shape index (κ3) is 3.26. The number of nitrogens with zero attached hydrogens (tertiary/aromatic N) is 1. The minimum absolute atomic E-state index is 0.220. The van der Waals surface area contributed by atoms with Gasteiger partial charge in [0.25, 0.3) is 0 Å². The molecular weight excluding hydrogens is 314 g/mol. The van der Waals surface area contributed by atoms with Crippen molar-refractivity contribution in [2.75, 3.05) is 20.2 Å². The van der Waals surface area contributed by atoms with Crippen molar-refractivity contribution in [2.45, 2.75) is 50.5 Å². The molecule has 2 aliphatic heterocycles. The fraction of sp³-hybridized carbons (Fsp3) is 0.571. The van der Waals surface area contributed by atoms with Crippen LogP contribution in [-0.4, -0.2) is 36.6 Å². The molecule has 1 aliphatic carbocycles. The monoisotopic (exact) mass is 341 g/mol. The van der Waals surface area contributed by atoms with Crippen LogP contribution in [0, 0.1) is 5.92 Å². The summed E-state index contributed by atoms with van der Waals surface area (Å²) in [5.41, 5.74) is 2.18. The summed E-state index contributed by atoms with van der Waals surface area (Å²) >= 11 is 0. The normalized spacial score (nSPS) is 26.6. The Hall–Kier alpha value is -1.97. The standard InChI is InChI=1S/C21H27NO3/c1-24-19-9-7-16(8-10-19)18-13-21(25-14-18)11-4-12-22(15-21)20(23)17-5-2-3-6-17/h7-10,14,17H,2-6,11-13,15H2,1H3. The number of piperidine rings is 1. The lowest BCUT2D eigenvalue weighted by Crippen LogP contribution is -2.51. The largest absolute Gasteiger partial charge is 0.497 e. The number of methoxy groups -OCH3 is 1. The van der Waals surface area contributed by atoms with Crippen molar-refractivity contribution in [1.29, 1.82) is 0 Å². The van der Waals surface area contributed by atoms with Gasteiger partial charge in [0, 0.05) is 18.9 Å². The van der Waals surface area contributed by atoms with Gasteiger partial charge in [-0.25, -0.2) is 0 Å². The Morgan fingerprint density at radius 2 is 1.96 bits per heavy atom. The van der Waals surface area contributed by atoms with Gasteiger partial charge >= 0.3 is 0 Å². The van der Waals surface area contributed by atoms with Crippen LogP contribution < -0.4 is 4.74 Å². The summed E-state index contributed by atoms with van der Waals surface area (Å²) in [6.45, 7) is 1.62. The molecule has 3 aliphatic rings. The molecule has 1 amide bonds. The van der Waals surface area contributed by atoms with Crippen molar-refractivity contribution in [3.05, 3.63) is 36.1 Å². The second-order valence-electron chi connectivity index (χ2n) is 7.69. The van der Waals surface area contributed by atoms with Crippen LogP contribution in [0.15, 0.2) is 30.5 Å². The minimum atomic E-state index is -0.220. The molecule has 0 N–H and O–H groups in total.